The van der Waals surface area contributed by atoms with Crippen LogP contribution in [0.4, 0.5) is 0 Å². The molecule has 1 aliphatic carbocycles. The maximum Gasteiger partial charge on any atom is 0.262 e. The smallest absolute Gasteiger partial charge is 0.262 e. The first-order chi connectivity index (χ1) is 14.5. The second-order valence-corrected chi connectivity index (χ2v) is 8.85. The van der Waals surface area contributed by atoms with Crippen LogP contribution >= 0.6 is 0 Å². The summed E-state index contributed by atoms with van der Waals surface area (Å²) in [5.41, 5.74) is 1.64. The Labute approximate surface area is 174 Å². The normalized spacial score (nSPS) is 30.6. The molecule has 0 spiro atoms. The van der Waals surface area contributed by atoms with E-state index in [0.717, 1.165) is 30.0 Å². The topological polar surface area (TPSA) is 108 Å². The summed E-state index contributed by atoms with van der Waals surface area (Å²) in [5.74, 6) is -1.15. The van der Waals surface area contributed by atoms with Crippen LogP contribution in [0, 0.1) is 5.92 Å². The lowest BCUT2D eigenvalue weighted by Crippen LogP contribution is -2.65. The summed E-state index contributed by atoms with van der Waals surface area (Å²) in [6.07, 6.45) is 5.21. The molecule has 1 aromatic rings. The summed E-state index contributed by atoms with van der Waals surface area (Å²) in [6.45, 7) is 2.37. The predicted octanol–water partition coefficient (Wildman–Crippen LogP) is 0.710. The van der Waals surface area contributed by atoms with Gasteiger partial charge in [0.1, 0.15) is 6.04 Å². The van der Waals surface area contributed by atoms with E-state index < -0.39 is 23.8 Å². The van der Waals surface area contributed by atoms with Gasteiger partial charge in [-0.15, -0.1) is 0 Å². The molecule has 0 bridgehead atoms. The highest BCUT2D eigenvalue weighted by atomic mass is 16.2. The fraction of sp³-hybridized carbons (Fsp3) is 0.545. The second kappa shape index (κ2) is 7.28. The van der Waals surface area contributed by atoms with E-state index in [1.165, 1.54) is 19.3 Å². The van der Waals surface area contributed by atoms with Crippen molar-refractivity contribution in [3.8, 4) is 0 Å². The van der Waals surface area contributed by atoms with Crippen LogP contribution in [-0.4, -0.2) is 53.2 Å². The van der Waals surface area contributed by atoms with Crippen molar-refractivity contribution in [2.45, 2.75) is 56.7 Å². The van der Waals surface area contributed by atoms with Crippen LogP contribution in [0.1, 0.15) is 64.8 Å². The quantitative estimate of drug-likeness (QED) is 0.617. The second-order valence-electron chi connectivity index (χ2n) is 8.85. The van der Waals surface area contributed by atoms with Crippen molar-refractivity contribution >= 4 is 23.6 Å². The maximum absolute atomic E-state index is 13.1. The standard InChI is InChI=1S/C22H26N4O4/c27-17-7-6-16(19(28)25-17)26-20(29)15-5-1-3-13(18(15)21(26)30)11-23-12-22-9-8-14(22)4-2-10-24-22/h1,3,5,14,16,23-24H,2,4,6-12H2,(H,25,27,28)/t14-,16?,22-/m1/s1. The van der Waals surface area contributed by atoms with Gasteiger partial charge in [0.05, 0.1) is 11.1 Å². The van der Waals surface area contributed by atoms with E-state index in [-0.39, 0.29) is 24.3 Å². The first-order valence-corrected chi connectivity index (χ1v) is 10.8. The molecule has 4 amide bonds. The molecular weight excluding hydrogens is 384 g/mol. The van der Waals surface area contributed by atoms with Crippen LogP contribution in [0.15, 0.2) is 18.2 Å². The molecule has 8 heteroatoms. The Bertz CT molecular complexity index is 945. The molecule has 8 nitrogen and oxygen atoms in total. The largest absolute Gasteiger partial charge is 0.311 e. The number of imide groups is 2. The van der Waals surface area contributed by atoms with Crippen molar-refractivity contribution in [2.75, 3.05) is 13.1 Å². The van der Waals surface area contributed by atoms with Gasteiger partial charge >= 0.3 is 0 Å². The summed E-state index contributed by atoms with van der Waals surface area (Å²) in [6, 6.07) is 4.33. The van der Waals surface area contributed by atoms with Gasteiger partial charge in [-0.05, 0) is 56.2 Å². The van der Waals surface area contributed by atoms with Gasteiger partial charge in [0.2, 0.25) is 11.8 Å². The van der Waals surface area contributed by atoms with E-state index >= 15 is 0 Å². The molecule has 1 saturated carbocycles. The summed E-state index contributed by atoms with van der Waals surface area (Å²) in [4.78, 5) is 50.8. The number of hydrogen-bond donors (Lipinski definition) is 3. The van der Waals surface area contributed by atoms with Crippen molar-refractivity contribution in [3.63, 3.8) is 0 Å². The number of nitrogens with zero attached hydrogens (tertiary/aromatic N) is 1. The molecule has 3 aliphatic heterocycles. The number of carbonyl (C=O) groups is 4. The van der Waals surface area contributed by atoms with Crippen LogP contribution in [-0.2, 0) is 16.1 Å². The zero-order valence-corrected chi connectivity index (χ0v) is 16.8. The number of rotatable bonds is 5. The number of carbonyl (C=O) groups excluding carboxylic acids is 4. The Balaban J connectivity index is 1.32. The van der Waals surface area contributed by atoms with Gasteiger partial charge < -0.3 is 10.6 Å². The van der Waals surface area contributed by atoms with Gasteiger partial charge in [0.25, 0.3) is 11.8 Å². The molecule has 0 radical (unpaired) electrons. The molecule has 3 heterocycles. The van der Waals surface area contributed by atoms with Gasteiger partial charge in [-0.1, -0.05) is 12.1 Å². The minimum atomic E-state index is -0.933. The Morgan fingerprint density at radius 2 is 1.97 bits per heavy atom. The Hall–Kier alpha value is -2.58. The average Bonchev–Trinajstić information content (AvgIpc) is 2.96. The zero-order chi connectivity index (χ0) is 20.9. The molecule has 158 valence electrons. The Morgan fingerprint density at radius 1 is 1.10 bits per heavy atom. The van der Waals surface area contributed by atoms with Gasteiger partial charge in [-0.2, -0.15) is 0 Å². The molecule has 0 aromatic heterocycles. The minimum absolute atomic E-state index is 0.120. The minimum Gasteiger partial charge on any atom is -0.311 e. The zero-order valence-electron chi connectivity index (χ0n) is 16.8. The molecular formula is C22H26N4O4. The van der Waals surface area contributed by atoms with Crippen molar-refractivity contribution in [1.29, 1.82) is 0 Å². The Kier molecular flexibility index (Phi) is 4.71. The fourth-order valence-electron chi connectivity index (χ4n) is 5.48. The molecule has 5 rings (SSSR count). The lowest BCUT2D eigenvalue weighted by molar-refractivity contribution is -0.136. The van der Waals surface area contributed by atoms with Crippen molar-refractivity contribution in [2.24, 2.45) is 5.92 Å². The third-order valence-electron chi connectivity index (χ3n) is 7.24. The van der Waals surface area contributed by atoms with E-state index in [1.54, 1.807) is 12.1 Å². The van der Waals surface area contributed by atoms with E-state index in [0.29, 0.717) is 23.6 Å². The SMILES string of the molecule is O=C1CCC(N2C(=O)c3cccc(CNC[C@]45CC[C@H]4CCCN5)c3C2=O)C(=O)N1. The van der Waals surface area contributed by atoms with Gasteiger partial charge in [-0.25, -0.2) is 0 Å². The van der Waals surface area contributed by atoms with Crippen LogP contribution in [0.3, 0.4) is 0 Å². The van der Waals surface area contributed by atoms with E-state index in [9.17, 15) is 19.2 Å². The lowest BCUT2D eigenvalue weighted by atomic mass is 9.63. The van der Waals surface area contributed by atoms with Crippen molar-refractivity contribution in [3.05, 3.63) is 34.9 Å². The monoisotopic (exact) mass is 410 g/mol. The first-order valence-electron chi connectivity index (χ1n) is 10.8. The highest BCUT2D eigenvalue weighted by Crippen LogP contribution is 2.43. The van der Waals surface area contributed by atoms with Crippen molar-refractivity contribution in [1.82, 2.24) is 20.9 Å². The average molecular weight is 410 g/mol. The third kappa shape index (κ3) is 2.97. The number of fused-ring (bicyclic) bond motifs is 2. The third-order valence-corrected chi connectivity index (χ3v) is 7.24. The van der Waals surface area contributed by atoms with Crippen LogP contribution in [0.5, 0.6) is 0 Å². The van der Waals surface area contributed by atoms with Crippen molar-refractivity contribution < 1.29 is 19.2 Å². The Morgan fingerprint density at radius 3 is 2.70 bits per heavy atom. The van der Waals surface area contributed by atoms with Crippen LogP contribution in [0.25, 0.3) is 0 Å². The van der Waals surface area contributed by atoms with E-state index in [4.69, 9.17) is 0 Å². The predicted molar refractivity (Wildman–Crippen MR) is 108 cm³/mol. The molecule has 3 atom stereocenters. The summed E-state index contributed by atoms with van der Waals surface area (Å²) in [5, 5.41) is 9.41. The number of hydrogen-bond acceptors (Lipinski definition) is 6. The van der Waals surface area contributed by atoms with E-state index in [2.05, 4.69) is 16.0 Å². The highest BCUT2D eigenvalue weighted by molar-refractivity contribution is 6.24. The summed E-state index contributed by atoms with van der Waals surface area (Å²) < 4.78 is 0. The summed E-state index contributed by atoms with van der Waals surface area (Å²) >= 11 is 0. The summed E-state index contributed by atoms with van der Waals surface area (Å²) in [7, 11) is 0. The van der Waals surface area contributed by atoms with E-state index in [1.807, 2.05) is 6.07 Å². The molecule has 1 unspecified atom stereocenters. The maximum atomic E-state index is 13.1. The van der Waals surface area contributed by atoms with Crippen LogP contribution in [0.2, 0.25) is 0 Å². The lowest BCUT2D eigenvalue weighted by Gasteiger charge is -2.53. The number of benzene rings is 1. The molecule has 30 heavy (non-hydrogen) atoms. The highest BCUT2D eigenvalue weighted by Gasteiger charge is 2.48. The molecule has 3 fully saturated rings. The fourth-order valence-corrected chi connectivity index (χ4v) is 5.48. The van der Waals surface area contributed by atoms with Gasteiger partial charge in [-0.3, -0.25) is 29.4 Å². The number of nitrogens with one attached hydrogen (secondary N) is 3. The number of piperidine rings is 2. The van der Waals surface area contributed by atoms with Gasteiger partial charge in [0, 0.05) is 25.0 Å². The molecule has 3 N–H and O–H groups in total. The number of amides is 4. The first kappa shape index (κ1) is 19.4. The molecule has 2 saturated heterocycles. The van der Waals surface area contributed by atoms with Gasteiger partial charge in [0.15, 0.2) is 0 Å². The molecule has 4 aliphatic rings. The molecule has 1 aromatic carbocycles. The van der Waals surface area contributed by atoms with Crippen LogP contribution < -0.4 is 16.0 Å².